The molecule has 1 aliphatic heterocycles. The number of fused-ring (bicyclic) bond motifs is 1. The Labute approximate surface area is 133 Å². The highest BCUT2D eigenvalue weighted by atomic mass is 35.5. The molecular formula is C17H14ClFN2O. The van der Waals surface area contributed by atoms with E-state index in [1.807, 2.05) is 18.2 Å². The van der Waals surface area contributed by atoms with E-state index < -0.39 is 5.82 Å². The van der Waals surface area contributed by atoms with Crippen molar-refractivity contribution in [2.45, 2.75) is 19.6 Å². The van der Waals surface area contributed by atoms with Crippen molar-refractivity contribution in [2.24, 2.45) is 0 Å². The Balaban J connectivity index is 1.78. The molecule has 0 amide bonds. The Morgan fingerprint density at radius 2 is 2.18 bits per heavy atom. The highest BCUT2D eigenvalue weighted by Crippen LogP contribution is 2.33. The van der Waals surface area contributed by atoms with Crippen LogP contribution in [-0.2, 0) is 19.6 Å². The molecule has 5 heteroatoms. The highest BCUT2D eigenvalue weighted by Gasteiger charge is 2.16. The van der Waals surface area contributed by atoms with Gasteiger partial charge in [0.1, 0.15) is 18.2 Å². The van der Waals surface area contributed by atoms with Gasteiger partial charge in [-0.2, -0.15) is 5.26 Å². The molecule has 0 bridgehead atoms. The molecule has 2 aromatic rings. The van der Waals surface area contributed by atoms with Gasteiger partial charge in [-0.25, -0.2) is 4.39 Å². The van der Waals surface area contributed by atoms with Crippen molar-refractivity contribution in [1.82, 2.24) is 5.32 Å². The van der Waals surface area contributed by atoms with E-state index >= 15 is 0 Å². The van der Waals surface area contributed by atoms with Gasteiger partial charge in [0.05, 0.1) is 16.7 Å². The van der Waals surface area contributed by atoms with Crippen molar-refractivity contribution < 1.29 is 9.13 Å². The van der Waals surface area contributed by atoms with Crippen LogP contribution >= 0.6 is 11.6 Å². The second kappa shape index (κ2) is 6.35. The first-order chi connectivity index (χ1) is 10.7. The molecule has 0 spiro atoms. The molecular weight excluding hydrogens is 303 g/mol. The fraction of sp³-hybridized carbons (Fsp3) is 0.235. The van der Waals surface area contributed by atoms with Gasteiger partial charge in [0.25, 0.3) is 0 Å². The maximum Gasteiger partial charge on any atom is 0.138 e. The van der Waals surface area contributed by atoms with E-state index in [4.69, 9.17) is 21.6 Å². The van der Waals surface area contributed by atoms with E-state index in [1.54, 1.807) is 12.1 Å². The number of nitrogens with zero attached hydrogens (tertiary/aromatic N) is 1. The number of nitrogens with one attached hydrogen (secondary N) is 1. The van der Waals surface area contributed by atoms with E-state index in [-0.39, 0.29) is 6.61 Å². The molecule has 22 heavy (non-hydrogen) atoms. The topological polar surface area (TPSA) is 45.0 Å². The first-order valence-electron chi connectivity index (χ1n) is 7.01. The Morgan fingerprint density at radius 3 is 2.95 bits per heavy atom. The van der Waals surface area contributed by atoms with E-state index in [9.17, 15) is 4.39 Å². The van der Waals surface area contributed by atoms with Gasteiger partial charge >= 0.3 is 0 Å². The quantitative estimate of drug-likeness (QED) is 0.941. The molecule has 1 heterocycles. The van der Waals surface area contributed by atoms with Crippen LogP contribution in [0.2, 0.25) is 5.02 Å². The highest BCUT2D eigenvalue weighted by molar-refractivity contribution is 6.33. The van der Waals surface area contributed by atoms with Gasteiger partial charge in [0.15, 0.2) is 0 Å². The second-order valence-electron chi connectivity index (χ2n) is 5.15. The van der Waals surface area contributed by atoms with Crippen molar-refractivity contribution in [1.29, 1.82) is 5.26 Å². The number of hydrogen-bond acceptors (Lipinski definition) is 3. The van der Waals surface area contributed by atoms with Crippen LogP contribution in [-0.4, -0.2) is 6.54 Å². The molecule has 0 fully saturated rings. The fourth-order valence-corrected chi connectivity index (χ4v) is 2.81. The van der Waals surface area contributed by atoms with E-state index in [0.29, 0.717) is 21.9 Å². The molecule has 0 saturated carbocycles. The van der Waals surface area contributed by atoms with Crippen LogP contribution in [0.25, 0.3) is 0 Å². The summed E-state index contributed by atoms with van der Waals surface area (Å²) in [6.07, 6.45) is 0.944. The molecule has 0 atom stereocenters. The third kappa shape index (κ3) is 2.92. The summed E-state index contributed by atoms with van der Waals surface area (Å²) in [5.41, 5.74) is 2.96. The van der Waals surface area contributed by atoms with Crippen LogP contribution in [0.1, 0.15) is 22.3 Å². The molecule has 0 aromatic heterocycles. The second-order valence-corrected chi connectivity index (χ2v) is 5.53. The van der Waals surface area contributed by atoms with Gasteiger partial charge in [-0.3, -0.25) is 0 Å². The monoisotopic (exact) mass is 316 g/mol. The number of nitriles is 1. The first kappa shape index (κ1) is 14.8. The van der Waals surface area contributed by atoms with E-state index in [0.717, 1.165) is 25.1 Å². The Kier molecular flexibility index (Phi) is 4.28. The largest absolute Gasteiger partial charge is 0.487 e. The van der Waals surface area contributed by atoms with Crippen LogP contribution < -0.4 is 10.1 Å². The van der Waals surface area contributed by atoms with Gasteiger partial charge in [0.2, 0.25) is 0 Å². The summed E-state index contributed by atoms with van der Waals surface area (Å²) in [4.78, 5) is 0. The summed E-state index contributed by atoms with van der Waals surface area (Å²) >= 11 is 6.38. The lowest BCUT2D eigenvalue weighted by Crippen LogP contribution is -2.24. The van der Waals surface area contributed by atoms with Gasteiger partial charge in [0, 0.05) is 12.1 Å². The molecule has 2 aromatic carbocycles. The van der Waals surface area contributed by atoms with Crippen molar-refractivity contribution in [3.63, 3.8) is 0 Å². The summed E-state index contributed by atoms with van der Waals surface area (Å²) in [7, 11) is 0. The molecule has 0 unspecified atom stereocenters. The normalized spacial score (nSPS) is 13.3. The van der Waals surface area contributed by atoms with Crippen LogP contribution in [0, 0.1) is 17.1 Å². The van der Waals surface area contributed by atoms with Gasteiger partial charge < -0.3 is 10.1 Å². The average Bonchev–Trinajstić information content (AvgIpc) is 2.55. The minimum Gasteiger partial charge on any atom is -0.487 e. The molecule has 3 rings (SSSR count). The molecule has 3 nitrogen and oxygen atoms in total. The lowest BCUT2D eigenvalue weighted by molar-refractivity contribution is 0.299. The van der Waals surface area contributed by atoms with Crippen LogP contribution in [0.15, 0.2) is 30.3 Å². The Hall–Kier alpha value is -2.09. The van der Waals surface area contributed by atoms with Gasteiger partial charge in [-0.1, -0.05) is 23.7 Å². The minimum absolute atomic E-state index is 0.0729. The van der Waals surface area contributed by atoms with Crippen molar-refractivity contribution in [3.05, 3.63) is 63.4 Å². The number of hydrogen-bond donors (Lipinski definition) is 1. The number of benzene rings is 2. The predicted molar refractivity (Wildman–Crippen MR) is 82.3 cm³/mol. The zero-order chi connectivity index (χ0) is 15.5. The third-order valence-corrected chi connectivity index (χ3v) is 4.16. The molecule has 1 aliphatic rings. The van der Waals surface area contributed by atoms with Gasteiger partial charge in [-0.05, 0) is 42.3 Å². The number of rotatable bonds is 3. The summed E-state index contributed by atoms with van der Waals surface area (Å²) in [5, 5.41) is 12.6. The summed E-state index contributed by atoms with van der Waals surface area (Å²) in [6, 6.07) is 10.1. The molecule has 0 radical (unpaired) electrons. The van der Waals surface area contributed by atoms with Crippen LogP contribution in [0.5, 0.6) is 5.75 Å². The van der Waals surface area contributed by atoms with Crippen molar-refractivity contribution >= 4 is 11.6 Å². The fourth-order valence-electron chi connectivity index (χ4n) is 2.50. The average molecular weight is 317 g/mol. The first-order valence-corrected chi connectivity index (χ1v) is 7.39. The number of halogens is 2. The summed E-state index contributed by atoms with van der Waals surface area (Å²) in [6.45, 7) is 1.74. The van der Waals surface area contributed by atoms with Crippen LogP contribution in [0.4, 0.5) is 4.39 Å². The van der Waals surface area contributed by atoms with Crippen molar-refractivity contribution in [3.8, 4) is 11.8 Å². The van der Waals surface area contributed by atoms with E-state index in [2.05, 4.69) is 5.32 Å². The van der Waals surface area contributed by atoms with Crippen LogP contribution in [0.3, 0.4) is 0 Å². The molecule has 1 N–H and O–H groups in total. The molecule has 0 saturated heterocycles. The van der Waals surface area contributed by atoms with E-state index in [1.165, 1.54) is 11.6 Å². The zero-order valence-electron chi connectivity index (χ0n) is 11.8. The standard InChI is InChI=1S/C17H14ClFN2O/c18-17-14-9-21-6-5-12(14)3-4-16(17)22-10-13-2-1-11(8-20)7-15(13)19/h1-4,7,21H,5-6,9-10H2. The smallest absolute Gasteiger partial charge is 0.138 e. The maximum absolute atomic E-state index is 13.8. The maximum atomic E-state index is 13.8. The lowest BCUT2D eigenvalue weighted by Gasteiger charge is -2.20. The summed E-state index contributed by atoms with van der Waals surface area (Å²) < 4.78 is 19.5. The van der Waals surface area contributed by atoms with Crippen molar-refractivity contribution in [2.75, 3.05) is 6.54 Å². The van der Waals surface area contributed by atoms with Gasteiger partial charge in [-0.15, -0.1) is 0 Å². The minimum atomic E-state index is -0.449. The summed E-state index contributed by atoms with van der Waals surface area (Å²) in [5.74, 6) is 0.0997. The third-order valence-electron chi connectivity index (χ3n) is 3.74. The molecule has 112 valence electrons. The molecule has 0 aliphatic carbocycles. The Morgan fingerprint density at radius 1 is 1.32 bits per heavy atom. The Bertz CT molecular complexity index is 755. The SMILES string of the molecule is N#Cc1ccc(COc2ccc3c(c2Cl)CNCC3)c(F)c1. The number of ether oxygens (including phenoxy) is 1. The predicted octanol–water partition coefficient (Wildman–Crippen LogP) is 3.58. The lowest BCUT2D eigenvalue weighted by atomic mass is 10.0. The zero-order valence-corrected chi connectivity index (χ0v) is 12.6.